The van der Waals surface area contributed by atoms with Gasteiger partial charge >= 0.3 is 6.03 Å². The Morgan fingerprint density at radius 1 is 1.32 bits per heavy atom. The molecule has 0 aliphatic carbocycles. The van der Waals surface area contributed by atoms with Gasteiger partial charge in [-0.1, -0.05) is 0 Å². The first-order chi connectivity index (χ1) is 8.44. The van der Waals surface area contributed by atoms with Crippen molar-refractivity contribution in [2.75, 3.05) is 13.1 Å². The molecule has 1 saturated heterocycles. The summed E-state index contributed by atoms with van der Waals surface area (Å²) in [4.78, 5) is 33.4. The van der Waals surface area contributed by atoms with E-state index in [0.29, 0.717) is 0 Å². The lowest BCUT2D eigenvalue weighted by atomic mass is 9.90. The normalized spacial score (nSPS) is 21.9. The van der Waals surface area contributed by atoms with Crippen LogP contribution in [0.5, 0.6) is 0 Å². The van der Waals surface area contributed by atoms with E-state index in [1.54, 1.807) is 0 Å². The quantitative estimate of drug-likeness (QED) is 0.567. The van der Waals surface area contributed by atoms with Crippen LogP contribution in [0.2, 0.25) is 0 Å². The number of amides is 4. The molecule has 0 saturated carbocycles. The largest absolute Gasteiger partial charge is 0.354 e. The lowest BCUT2D eigenvalue weighted by Crippen LogP contribution is -2.57. The van der Waals surface area contributed by atoms with Crippen LogP contribution >= 0.6 is 12.4 Å². The van der Waals surface area contributed by atoms with Gasteiger partial charge in [-0.3, -0.25) is 14.9 Å². The van der Waals surface area contributed by atoms with Gasteiger partial charge in [-0.2, -0.15) is 0 Å². The van der Waals surface area contributed by atoms with E-state index >= 15 is 0 Å². The Morgan fingerprint density at radius 3 is 2.53 bits per heavy atom. The van der Waals surface area contributed by atoms with Crippen LogP contribution in [0.3, 0.4) is 0 Å². The third-order valence-corrected chi connectivity index (χ3v) is 3.02. The number of urea groups is 1. The molecule has 0 bridgehead atoms. The van der Waals surface area contributed by atoms with Gasteiger partial charge in [-0.25, -0.2) is 4.79 Å². The molecule has 0 spiro atoms. The van der Waals surface area contributed by atoms with Crippen molar-refractivity contribution in [2.45, 2.75) is 38.1 Å². The zero-order valence-corrected chi connectivity index (χ0v) is 11.8. The van der Waals surface area contributed by atoms with Crippen LogP contribution in [0.1, 0.15) is 32.6 Å². The number of nitrogens with two attached hydrogens (primary N) is 1. The van der Waals surface area contributed by atoms with Crippen LogP contribution in [0.4, 0.5) is 4.79 Å². The Bertz CT molecular complexity index is 343. The van der Waals surface area contributed by atoms with Crippen molar-refractivity contribution in [2.24, 2.45) is 5.73 Å². The molecule has 1 atom stereocenters. The number of piperidine rings is 1. The summed E-state index contributed by atoms with van der Waals surface area (Å²) in [6.45, 7) is 2.87. The summed E-state index contributed by atoms with van der Waals surface area (Å²) in [6, 6.07) is -0.882. The predicted molar refractivity (Wildman–Crippen MR) is 72.9 cm³/mol. The van der Waals surface area contributed by atoms with Crippen molar-refractivity contribution in [3.63, 3.8) is 0 Å². The number of hydrogen-bond donors (Lipinski definition) is 4. The maximum atomic E-state index is 11.9. The molecule has 0 radical (unpaired) electrons. The number of primary amides is 1. The first kappa shape index (κ1) is 17.7. The standard InChI is InChI=1S/C11H20N4O3.ClH/c1-11(5-2-3-6-14-11)9(17)13-7-4-8(16)15-10(12)18;/h14H,2-7H2,1H3,(H,13,17)(H3,12,15,16,18);1H. The minimum Gasteiger partial charge on any atom is -0.354 e. The molecule has 110 valence electrons. The Morgan fingerprint density at radius 2 is 2.00 bits per heavy atom. The van der Waals surface area contributed by atoms with Crippen molar-refractivity contribution in [1.82, 2.24) is 16.0 Å². The number of carbonyl (C=O) groups is 3. The van der Waals surface area contributed by atoms with E-state index in [2.05, 4.69) is 10.6 Å². The maximum absolute atomic E-state index is 11.9. The molecule has 0 aromatic heterocycles. The summed E-state index contributed by atoms with van der Waals surface area (Å²) in [7, 11) is 0. The molecule has 0 aromatic rings. The average molecular weight is 293 g/mol. The van der Waals surface area contributed by atoms with Gasteiger partial charge in [0.1, 0.15) is 0 Å². The molecule has 1 aliphatic rings. The Labute approximate surface area is 118 Å². The maximum Gasteiger partial charge on any atom is 0.318 e. The number of carbonyl (C=O) groups excluding carboxylic acids is 3. The highest BCUT2D eigenvalue weighted by molar-refractivity contribution is 5.93. The molecule has 7 nitrogen and oxygen atoms in total. The fraction of sp³-hybridized carbons (Fsp3) is 0.727. The van der Waals surface area contributed by atoms with Crippen LogP contribution in [0, 0.1) is 0 Å². The van der Waals surface area contributed by atoms with Gasteiger partial charge in [0, 0.05) is 13.0 Å². The summed E-state index contributed by atoms with van der Waals surface area (Å²) in [5.74, 6) is -0.612. The number of hydrogen-bond acceptors (Lipinski definition) is 4. The van der Waals surface area contributed by atoms with E-state index in [9.17, 15) is 14.4 Å². The van der Waals surface area contributed by atoms with Crippen LogP contribution in [0.25, 0.3) is 0 Å². The molecule has 0 aromatic carbocycles. The topological polar surface area (TPSA) is 113 Å². The fourth-order valence-corrected chi connectivity index (χ4v) is 1.93. The van der Waals surface area contributed by atoms with Gasteiger partial charge in [0.2, 0.25) is 11.8 Å². The third-order valence-electron chi connectivity index (χ3n) is 3.02. The van der Waals surface area contributed by atoms with Crippen LogP contribution in [0.15, 0.2) is 0 Å². The predicted octanol–water partition coefficient (Wildman–Crippen LogP) is -0.358. The highest BCUT2D eigenvalue weighted by Crippen LogP contribution is 2.18. The molecule has 4 amide bonds. The van der Waals surface area contributed by atoms with E-state index in [4.69, 9.17) is 5.73 Å². The third kappa shape index (κ3) is 5.89. The highest BCUT2D eigenvalue weighted by atomic mass is 35.5. The van der Waals surface area contributed by atoms with Gasteiger partial charge < -0.3 is 16.4 Å². The van der Waals surface area contributed by atoms with E-state index in [0.717, 1.165) is 25.8 Å². The zero-order valence-electron chi connectivity index (χ0n) is 11.0. The molecule has 1 rings (SSSR count). The van der Waals surface area contributed by atoms with Crippen LogP contribution in [-0.4, -0.2) is 36.5 Å². The molecule has 1 heterocycles. The van der Waals surface area contributed by atoms with E-state index < -0.39 is 17.5 Å². The first-order valence-electron chi connectivity index (χ1n) is 6.07. The van der Waals surface area contributed by atoms with Gasteiger partial charge in [-0.05, 0) is 32.7 Å². The summed E-state index contributed by atoms with van der Waals surface area (Å²) < 4.78 is 0. The Hall–Kier alpha value is -1.34. The summed E-state index contributed by atoms with van der Waals surface area (Å²) in [5.41, 5.74) is 4.24. The fourth-order valence-electron chi connectivity index (χ4n) is 1.93. The van der Waals surface area contributed by atoms with Crippen molar-refractivity contribution in [1.29, 1.82) is 0 Å². The van der Waals surface area contributed by atoms with Gasteiger partial charge in [0.15, 0.2) is 0 Å². The minimum absolute atomic E-state index is 0. The van der Waals surface area contributed by atoms with Crippen molar-refractivity contribution >= 4 is 30.3 Å². The number of halogens is 1. The molecule has 1 unspecified atom stereocenters. The number of imide groups is 1. The lowest BCUT2D eigenvalue weighted by Gasteiger charge is -2.33. The van der Waals surface area contributed by atoms with Crippen LogP contribution < -0.4 is 21.7 Å². The minimum atomic E-state index is -0.882. The second-order valence-corrected chi connectivity index (χ2v) is 4.63. The molecule has 19 heavy (non-hydrogen) atoms. The molecular weight excluding hydrogens is 272 g/mol. The Kier molecular flexibility index (Phi) is 7.40. The zero-order chi connectivity index (χ0) is 13.6. The summed E-state index contributed by atoms with van der Waals surface area (Å²) >= 11 is 0. The van der Waals surface area contributed by atoms with E-state index in [-0.39, 0.29) is 31.3 Å². The van der Waals surface area contributed by atoms with Crippen molar-refractivity contribution in [3.05, 3.63) is 0 Å². The second-order valence-electron chi connectivity index (χ2n) is 4.63. The number of nitrogens with one attached hydrogen (secondary N) is 3. The van der Waals surface area contributed by atoms with E-state index in [1.165, 1.54) is 0 Å². The monoisotopic (exact) mass is 292 g/mol. The van der Waals surface area contributed by atoms with Crippen molar-refractivity contribution < 1.29 is 14.4 Å². The average Bonchev–Trinajstić information content (AvgIpc) is 2.28. The molecular formula is C11H21ClN4O3. The van der Waals surface area contributed by atoms with Gasteiger partial charge in [-0.15, -0.1) is 12.4 Å². The Balaban J connectivity index is 0.00000324. The molecule has 5 N–H and O–H groups in total. The first-order valence-corrected chi connectivity index (χ1v) is 6.07. The summed E-state index contributed by atoms with van der Waals surface area (Å²) in [6.07, 6.45) is 2.90. The van der Waals surface area contributed by atoms with Gasteiger partial charge in [0.25, 0.3) is 0 Å². The highest BCUT2D eigenvalue weighted by Gasteiger charge is 2.33. The van der Waals surface area contributed by atoms with Crippen LogP contribution in [-0.2, 0) is 9.59 Å². The van der Waals surface area contributed by atoms with Crippen molar-refractivity contribution in [3.8, 4) is 0 Å². The lowest BCUT2D eigenvalue weighted by molar-refractivity contribution is -0.128. The SMILES string of the molecule is CC1(C(=O)NCCC(=O)NC(N)=O)CCCCN1.Cl. The second kappa shape index (κ2) is 7.96. The molecule has 8 heteroatoms. The summed E-state index contributed by atoms with van der Waals surface area (Å²) in [5, 5.41) is 7.80. The smallest absolute Gasteiger partial charge is 0.318 e. The molecule has 1 fully saturated rings. The molecule has 1 aliphatic heterocycles. The van der Waals surface area contributed by atoms with E-state index in [1.807, 2.05) is 12.2 Å². The van der Waals surface area contributed by atoms with Gasteiger partial charge in [0.05, 0.1) is 5.54 Å². The number of rotatable bonds is 4.